The van der Waals surface area contributed by atoms with E-state index in [1.165, 1.54) is 11.4 Å². The lowest BCUT2D eigenvalue weighted by Crippen LogP contribution is -2.23. The fourth-order valence-electron chi connectivity index (χ4n) is 2.47. The van der Waals surface area contributed by atoms with Crippen LogP contribution >= 0.6 is 0 Å². The molecule has 0 aliphatic rings. The summed E-state index contributed by atoms with van der Waals surface area (Å²) >= 11 is 0. The first kappa shape index (κ1) is 13.4. The number of carbonyl (C=O) groups is 1. The van der Waals surface area contributed by atoms with E-state index < -0.39 is 0 Å². The topological polar surface area (TPSA) is 62.7 Å². The fraction of sp³-hybridized carbons (Fsp3) is 0.250. The van der Waals surface area contributed by atoms with Gasteiger partial charge in [0.2, 0.25) is 0 Å². The number of imidazole rings is 1. The first-order valence-corrected chi connectivity index (χ1v) is 6.89. The Morgan fingerprint density at radius 1 is 1.33 bits per heavy atom. The highest BCUT2D eigenvalue weighted by Gasteiger charge is 2.10. The molecule has 0 atom stereocenters. The van der Waals surface area contributed by atoms with Crippen LogP contribution < -0.4 is 5.32 Å². The molecule has 0 spiro atoms. The summed E-state index contributed by atoms with van der Waals surface area (Å²) in [7, 11) is 2.03. The van der Waals surface area contributed by atoms with Gasteiger partial charge in [0, 0.05) is 30.5 Å². The van der Waals surface area contributed by atoms with Gasteiger partial charge in [-0.15, -0.1) is 0 Å². The molecule has 2 heterocycles. The molecule has 108 valence electrons. The quantitative estimate of drug-likeness (QED) is 0.775. The van der Waals surface area contributed by atoms with Gasteiger partial charge in [-0.1, -0.05) is 0 Å². The van der Waals surface area contributed by atoms with Crippen molar-refractivity contribution in [2.24, 2.45) is 7.05 Å². The first-order valence-electron chi connectivity index (χ1n) is 6.89. The molecule has 0 saturated heterocycles. The summed E-state index contributed by atoms with van der Waals surface area (Å²) in [6, 6.07) is 7.56. The van der Waals surface area contributed by atoms with Crippen LogP contribution in [0.3, 0.4) is 0 Å². The Labute approximate surface area is 123 Å². The summed E-state index contributed by atoms with van der Waals surface area (Å²) in [5, 5.41) is 2.97. The number of rotatable bonds is 3. The van der Waals surface area contributed by atoms with Crippen molar-refractivity contribution < 1.29 is 4.79 Å². The smallest absolute Gasteiger partial charge is 0.251 e. The van der Waals surface area contributed by atoms with Crippen molar-refractivity contribution in [3.8, 4) is 0 Å². The zero-order chi connectivity index (χ0) is 15.0. The van der Waals surface area contributed by atoms with Crippen molar-refractivity contribution in [3.63, 3.8) is 0 Å². The van der Waals surface area contributed by atoms with E-state index in [0.29, 0.717) is 12.1 Å². The van der Waals surface area contributed by atoms with Crippen LogP contribution in [0.2, 0.25) is 0 Å². The molecule has 3 aromatic rings. The molecule has 0 aliphatic heterocycles. The van der Waals surface area contributed by atoms with Crippen LogP contribution in [-0.2, 0) is 13.6 Å². The van der Waals surface area contributed by atoms with E-state index in [-0.39, 0.29) is 5.91 Å². The van der Waals surface area contributed by atoms with E-state index in [1.807, 2.05) is 19.2 Å². The summed E-state index contributed by atoms with van der Waals surface area (Å²) in [6.07, 6.45) is 1.63. The van der Waals surface area contributed by atoms with Gasteiger partial charge in [0.15, 0.2) is 0 Å². The molecular weight excluding hydrogens is 264 g/mol. The number of amides is 1. The molecule has 3 rings (SSSR count). The minimum atomic E-state index is -0.0765. The largest absolute Gasteiger partial charge is 0.352 e. The predicted molar refractivity (Wildman–Crippen MR) is 82.2 cm³/mol. The number of aromatic nitrogens is 3. The molecule has 0 fully saturated rings. The van der Waals surface area contributed by atoms with Crippen LogP contribution in [0.25, 0.3) is 11.0 Å². The van der Waals surface area contributed by atoms with Gasteiger partial charge in [-0.2, -0.15) is 0 Å². The van der Waals surface area contributed by atoms with Crippen LogP contribution in [0.4, 0.5) is 0 Å². The molecule has 1 aromatic carbocycles. The van der Waals surface area contributed by atoms with Gasteiger partial charge in [-0.3, -0.25) is 4.79 Å². The van der Waals surface area contributed by atoms with Gasteiger partial charge in [0.25, 0.3) is 5.91 Å². The van der Waals surface area contributed by atoms with E-state index in [0.717, 1.165) is 16.6 Å². The number of nitrogens with one attached hydrogen (secondary N) is 2. The van der Waals surface area contributed by atoms with Gasteiger partial charge in [-0.25, -0.2) is 4.98 Å². The number of aryl methyl sites for hydroxylation is 1. The van der Waals surface area contributed by atoms with Crippen LogP contribution in [0.1, 0.15) is 27.3 Å². The second-order valence-corrected chi connectivity index (χ2v) is 5.27. The monoisotopic (exact) mass is 282 g/mol. The maximum Gasteiger partial charge on any atom is 0.251 e. The number of hydrogen-bond acceptors (Lipinski definition) is 2. The second-order valence-electron chi connectivity index (χ2n) is 5.27. The minimum absolute atomic E-state index is 0.0765. The highest BCUT2D eigenvalue weighted by molar-refractivity contribution is 5.97. The third kappa shape index (κ3) is 2.42. The fourth-order valence-corrected chi connectivity index (χ4v) is 2.47. The molecule has 1 amide bonds. The number of H-pyrrole nitrogens is 1. The van der Waals surface area contributed by atoms with E-state index in [4.69, 9.17) is 0 Å². The second kappa shape index (κ2) is 5.09. The van der Waals surface area contributed by atoms with Gasteiger partial charge in [0.1, 0.15) is 0 Å². The summed E-state index contributed by atoms with van der Waals surface area (Å²) in [5.41, 5.74) is 5.88. The number of aromatic amines is 1. The molecule has 5 nitrogen and oxygen atoms in total. The Balaban J connectivity index is 1.75. The maximum absolute atomic E-state index is 12.2. The Morgan fingerprint density at radius 2 is 2.14 bits per heavy atom. The molecular formula is C16H18N4O. The van der Waals surface area contributed by atoms with Crippen LogP contribution in [0.5, 0.6) is 0 Å². The summed E-state index contributed by atoms with van der Waals surface area (Å²) in [6.45, 7) is 4.66. The normalized spacial score (nSPS) is 11.0. The maximum atomic E-state index is 12.2. The third-order valence-electron chi connectivity index (χ3n) is 4.00. The molecule has 0 unspecified atom stereocenters. The molecule has 0 radical (unpaired) electrons. The van der Waals surface area contributed by atoms with Crippen molar-refractivity contribution in [1.29, 1.82) is 0 Å². The number of benzene rings is 1. The van der Waals surface area contributed by atoms with E-state index in [9.17, 15) is 4.79 Å². The highest BCUT2D eigenvalue weighted by atomic mass is 16.1. The standard InChI is InChI=1S/C16H18N4O/c1-10-6-13(11(2)20(10)3)8-17-16(21)12-4-5-14-15(7-12)19-9-18-14/h4-7,9H,8H2,1-3H3,(H,17,21)(H,18,19). The Kier molecular flexibility index (Phi) is 3.25. The van der Waals surface area contributed by atoms with E-state index in [1.54, 1.807) is 12.4 Å². The number of carbonyl (C=O) groups excluding carboxylic acids is 1. The van der Waals surface area contributed by atoms with Crippen molar-refractivity contribution in [1.82, 2.24) is 19.9 Å². The zero-order valence-corrected chi connectivity index (χ0v) is 12.4. The lowest BCUT2D eigenvalue weighted by Gasteiger charge is -2.06. The summed E-state index contributed by atoms with van der Waals surface area (Å²) in [5.74, 6) is -0.0765. The average molecular weight is 282 g/mol. The van der Waals surface area contributed by atoms with E-state index in [2.05, 4.69) is 39.8 Å². The third-order valence-corrected chi connectivity index (χ3v) is 4.00. The predicted octanol–water partition coefficient (Wildman–Crippen LogP) is 2.45. The SMILES string of the molecule is Cc1cc(CNC(=O)c2ccc3nc[nH]c3c2)c(C)n1C. The van der Waals surface area contributed by atoms with Crippen molar-refractivity contribution >= 4 is 16.9 Å². The van der Waals surface area contributed by atoms with Crippen LogP contribution in [-0.4, -0.2) is 20.4 Å². The van der Waals surface area contributed by atoms with Gasteiger partial charge < -0.3 is 14.9 Å². The Bertz CT molecular complexity index is 813. The molecule has 0 bridgehead atoms. The lowest BCUT2D eigenvalue weighted by molar-refractivity contribution is 0.0951. The van der Waals surface area contributed by atoms with Gasteiger partial charge in [-0.05, 0) is 43.7 Å². The van der Waals surface area contributed by atoms with Crippen molar-refractivity contribution in [2.45, 2.75) is 20.4 Å². The molecule has 0 saturated carbocycles. The summed E-state index contributed by atoms with van der Waals surface area (Å²) < 4.78 is 2.12. The van der Waals surface area contributed by atoms with Gasteiger partial charge >= 0.3 is 0 Å². The van der Waals surface area contributed by atoms with Gasteiger partial charge in [0.05, 0.1) is 17.4 Å². The Hall–Kier alpha value is -2.56. The van der Waals surface area contributed by atoms with Crippen LogP contribution in [0, 0.1) is 13.8 Å². The summed E-state index contributed by atoms with van der Waals surface area (Å²) in [4.78, 5) is 19.4. The molecule has 0 aliphatic carbocycles. The minimum Gasteiger partial charge on any atom is -0.352 e. The van der Waals surface area contributed by atoms with Crippen molar-refractivity contribution in [3.05, 3.63) is 53.1 Å². The molecule has 2 N–H and O–H groups in total. The number of nitrogens with zero attached hydrogens (tertiary/aromatic N) is 2. The number of hydrogen-bond donors (Lipinski definition) is 2. The lowest BCUT2D eigenvalue weighted by atomic mass is 10.1. The zero-order valence-electron chi connectivity index (χ0n) is 12.4. The first-order chi connectivity index (χ1) is 10.1. The Morgan fingerprint density at radius 3 is 2.86 bits per heavy atom. The molecule has 5 heteroatoms. The molecule has 2 aromatic heterocycles. The van der Waals surface area contributed by atoms with Crippen LogP contribution in [0.15, 0.2) is 30.6 Å². The number of fused-ring (bicyclic) bond motifs is 1. The molecule has 21 heavy (non-hydrogen) atoms. The highest BCUT2D eigenvalue weighted by Crippen LogP contribution is 2.14. The van der Waals surface area contributed by atoms with E-state index >= 15 is 0 Å². The average Bonchev–Trinajstić information content (AvgIpc) is 3.04. The van der Waals surface area contributed by atoms with Crippen molar-refractivity contribution in [2.75, 3.05) is 0 Å².